The molecule has 1 fully saturated rings. The summed E-state index contributed by atoms with van der Waals surface area (Å²) < 4.78 is 5.21. The molecule has 1 aromatic carbocycles. The maximum Gasteiger partial charge on any atom is 0.118 e. The van der Waals surface area contributed by atoms with Crippen LogP contribution in [0.5, 0.6) is 5.75 Å². The zero-order chi connectivity index (χ0) is 19.0. The zero-order valence-electron chi connectivity index (χ0n) is 15.9. The number of nitrogens with zero attached hydrogens (tertiary/aromatic N) is 1. The highest BCUT2D eigenvalue weighted by Gasteiger charge is 2.45. The van der Waals surface area contributed by atoms with Gasteiger partial charge in [0.15, 0.2) is 0 Å². The molecule has 0 saturated heterocycles. The third kappa shape index (κ3) is 4.79. The first-order chi connectivity index (χ1) is 12.6. The number of ether oxygens (including phenoxy) is 1. The van der Waals surface area contributed by atoms with Gasteiger partial charge in [0, 0.05) is 19.6 Å². The summed E-state index contributed by atoms with van der Waals surface area (Å²) in [5.41, 5.74) is 0.713. The highest BCUT2D eigenvalue weighted by molar-refractivity contribution is 5.28. The second-order valence-corrected chi connectivity index (χ2v) is 7.46. The molecule has 2 rings (SSSR count). The summed E-state index contributed by atoms with van der Waals surface area (Å²) >= 11 is 0. The number of aliphatic hydroxyl groups excluding tert-OH is 1. The molecule has 4 nitrogen and oxygen atoms in total. The maximum atomic E-state index is 9.32. The Kier molecular flexibility index (Phi) is 7.51. The Balaban J connectivity index is 2.21. The van der Waals surface area contributed by atoms with E-state index in [4.69, 9.17) is 11.2 Å². The molecule has 4 heteroatoms. The van der Waals surface area contributed by atoms with Gasteiger partial charge in [0.2, 0.25) is 0 Å². The zero-order valence-corrected chi connectivity index (χ0v) is 15.9. The van der Waals surface area contributed by atoms with E-state index in [2.05, 4.69) is 24.2 Å². The summed E-state index contributed by atoms with van der Waals surface area (Å²) in [5.74, 6) is 4.84. The molecule has 1 aliphatic rings. The van der Waals surface area contributed by atoms with Crippen LogP contribution in [0.15, 0.2) is 24.3 Å². The Labute approximate surface area is 157 Å². The van der Waals surface area contributed by atoms with Gasteiger partial charge in [-0.2, -0.15) is 5.26 Å². The van der Waals surface area contributed by atoms with Crippen molar-refractivity contribution in [3.05, 3.63) is 29.8 Å². The van der Waals surface area contributed by atoms with Gasteiger partial charge in [-0.25, -0.2) is 0 Å². The quantitative estimate of drug-likeness (QED) is 0.701. The van der Waals surface area contributed by atoms with Crippen LogP contribution >= 0.6 is 0 Å². The van der Waals surface area contributed by atoms with E-state index >= 15 is 0 Å². The molecule has 1 aliphatic carbocycles. The monoisotopic (exact) mass is 354 g/mol. The van der Waals surface area contributed by atoms with Gasteiger partial charge in [-0.1, -0.05) is 25.0 Å². The van der Waals surface area contributed by atoms with Crippen LogP contribution in [0.1, 0.15) is 44.6 Å². The lowest BCUT2D eigenvalue weighted by Gasteiger charge is -2.48. The first-order valence-electron chi connectivity index (χ1n) is 9.42. The van der Waals surface area contributed by atoms with Gasteiger partial charge < -0.3 is 9.84 Å². The highest BCUT2D eigenvalue weighted by atomic mass is 16.5. The summed E-state index contributed by atoms with van der Waals surface area (Å²) in [7, 11) is 1.66. The number of terminal acetylenes is 1. The Morgan fingerprint density at radius 1 is 1.38 bits per heavy atom. The third-order valence-corrected chi connectivity index (χ3v) is 5.63. The molecule has 0 unspecified atom stereocenters. The van der Waals surface area contributed by atoms with Crippen LogP contribution in [-0.2, 0) is 6.54 Å². The predicted molar refractivity (Wildman–Crippen MR) is 103 cm³/mol. The molecule has 1 aromatic rings. The van der Waals surface area contributed by atoms with Gasteiger partial charge >= 0.3 is 0 Å². The van der Waals surface area contributed by atoms with E-state index in [1.165, 1.54) is 0 Å². The summed E-state index contributed by atoms with van der Waals surface area (Å²) in [5, 5.41) is 22.2. The minimum Gasteiger partial charge on any atom is -0.497 e. The molecule has 2 N–H and O–H groups in total. The minimum atomic E-state index is -0.436. The minimum absolute atomic E-state index is 0.157. The van der Waals surface area contributed by atoms with Crippen LogP contribution < -0.4 is 10.1 Å². The van der Waals surface area contributed by atoms with Crippen molar-refractivity contribution >= 4 is 0 Å². The van der Waals surface area contributed by atoms with E-state index in [1.54, 1.807) is 7.11 Å². The SMILES string of the molecule is C#C[C@@]1(NCc2ccc(OC)cc2)C[C@H](C)C[C@@H](CC#N)[C@H]1CCCO. The second-order valence-electron chi connectivity index (χ2n) is 7.46. The fraction of sp³-hybridized carbons (Fsp3) is 0.591. The van der Waals surface area contributed by atoms with E-state index in [-0.39, 0.29) is 18.4 Å². The highest BCUT2D eigenvalue weighted by Crippen LogP contribution is 2.44. The van der Waals surface area contributed by atoms with Gasteiger partial charge in [0.05, 0.1) is 18.7 Å². The first kappa shape index (κ1) is 20.3. The molecule has 0 heterocycles. The number of hydrogen-bond acceptors (Lipinski definition) is 4. The fourth-order valence-corrected chi connectivity index (χ4v) is 4.43. The van der Waals surface area contributed by atoms with Crippen LogP contribution in [0.25, 0.3) is 0 Å². The van der Waals surface area contributed by atoms with Crippen molar-refractivity contribution in [2.45, 2.75) is 51.1 Å². The van der Waals surface area contributed by atoms with Crippen molar-refractivity contribution < 1.29 is 9.84 Å². The Bertz CT molecular complexity index is 644. The smallest absolute Gasteiger partial charge is 0.118 e. The first-order valence-corrected chi connectivity index (χ1v) is 9.42. The fourth-order valence-electron chi connectivity index (χ4n) is 4.43. The Morgan fingerprint density at radius 3 is 2.69 bits per heavy atom. The number of aliphatic hydroxyl groups is 1. The molecular formula is C22H30N2O2. The average Bonchev–Trinajstić information content (AvgIpc) is 2.66. The standard InChI is InChI=1S/C22H30N2O2/c1-4-22(24-16-18-7-9-20(26-3)10-8-18)15-17(2)14-19(11-12-23)21(22)6-5-13-25/h1,7-10,17,19,21,24-25H,5-6,11,13-16H2,2-3H3/t17-,19-,21-,22-/m1/s1. The number of hydrogen-bond donors (Lipinski definition) is 2. The second kappa shape index (κ2) is 9.62. The lowest BCUT2D eigenvalue weighted by molar-refractivity contribution is 0.0800. The summed E-state index contributed by atoms with van der Waals surface area (Å²) in [6, 6.07) is 10.3. The number of nitriles is 1. The molecule has 0 aliphatic heterocycles. The number of nitrogens with one attached hydrogen (secondary N) is 1. The van der Waals surface area contributed by atoms with Gasteiger partial charge in [-0.05, 0) is 61.1 Å². The summed E-state index contributed by atoms with van der Waals surface area (Å²) in [4.78, 5) is 0. The molecule has 0 radical (unpaired) electrons. The molecule has 140 valence electrons. The lowest BCUT2D eigenvalue weighted by Crippen LogP contribution is -2.56. The van der Waals surface area contributed by atoms with Gasteiger partial charge in [-0.15, -0.1) is 6.42 Å². The van der Waals surface area contributed by atoms with Crippen molar-refractivity contribution in [3.63, 3.8) is 0 Å². The Hall–Kier alpha value is -2.01. The van der Waals surface area contributed by atoms with E-state index in [0.717, 1.165) is 30.6 Å². The predicted octanol–water partition coefficient (Wildman–Crippen LogP) is 3.51. The van der Waals surface area contributed by atoms with Crippen molar-refractivity contribution in [1.29, 1.82) is 5.26 Å². The number of rotatable bonds is 8. The number of benzene rings is 1. The molecule has 0 amide bonds. The molecule has 0 bridgehead atoms. The molecule has 0 spiro atoms. The summed E-state index contributed by atoms with van der Waals surface area (Å²) in [6.45, 7) is 3.05. The summed E-state index contributed by atoms with van der Waals surface area (Å²) in [6.07, 6.45) is 10.1. The van der Waals surface area contributed by atoms with Crippen LogP contribution in [0, 0.1) is 41.4 Å². The largest absolute Gasteiger partial charge is 0.497 e. The maximum absolute atomic E-state index is 9.32. The van der Waals surface area contributed by atoms with Crippen molar-refractivity contribution in [2.75, 3.05) is 13.7 Å². The third-order valence-electron chi connectivity index (χ3n) is 5.63. The van der Waals surface area contributed by atoms with E-state index < -0.39 is 5.54 Å². The van der Waals surface area contributed by atoms with E-state index in [1.807, 2.05) is 24.3 Å². The molecule has 0 aromatic heterocycles. The molecule has 1 saturated carbocycles. The van der Waals surface area contributed by atoms with Gasteiger partial charge in [0.1, 0.15) is 5.75 Å². The van der Waals surface area contributed by atoms with Gasteiger partial charge in [0.25, 0.3) is 0 Å². The average molecular weight is 354 g/mol. The topological polar surface area (TPSA) is 65.3 Å². The van der Waals surface area contributed by atoms with Gasteiger partial charge in [-0.3, -0.25) is 5.32 Å². The number of methoxy groups -OCH3 is 1. The van der Waals surface area contributed by atoms with E-state index in [9.17, 15) is 10.4 Å². The van der Waals surface area contributed by atoms with Crippen LogP contribution in [0.3, 0.4) is 0 Å². The van der Waals surface area contributed by atoms with Crippen molar-refractivity contribution in [2.24, 2.45) is 17.8 Å². The van der Waals surface area contributed by atoms with Crippen LogP contribution in [-0.4, -0.2) is 24.4 Å². The lowest BCUT2D eigenvalue weighted by atomic mass is 9.61. The Morgan fingerprint density at radius 2 is 2.12 bits per heavy atom. The normalized spacial score (nSPS) is 28.1. The van der Waals surface area contributed by atoms with Crippen LogP contribution in [0.2, 0.25) is 0 Å². The van der Waals surface area contributed by atoms with Crippen molar-refractivity contribution in [1.82, 2.24) is 5.32 Å². The van der Waals surface area contributed by atoms with Crippen LogP contribution in [0.4, 0.5) is 0 Å². The molecule has 4 atom stereocenters. The molecule has 26 heavy (non-hydrogen) atoms. The molecular weight excluding hydrogens is 324 g/mol. The van der Waals surface area contributed by atoms with E-state index in [0.29, 0.717) is 25.3 Å². The van der Waals surface area contributed by atoms with Crippen molar-refractivity contribution in [3.8, 4) is 24.2 Å².